The fourth-order valence-corrected chi connectivity index (χ4v) is 3.74. The number of aromatic amines is 1. The lowest BCUT2D eigenvalue weighted by molar-refractivity contribution is -0.123. The van der Waals surface area contributed by atoms with Crippen LogP contribution in [0.3, 0.4) is 0 Å². The summed E-state index contributed by atoms with van der Waals surface area (Å²) in [5.41, 5.74) is 1.94. The van der Waals surface area contributed by atoms with E-state index >= 15 is 0 Å². The lowest BCUT2D eigenvalue weighted by Crippen LogP contribution is -2.27. The van der Waals surface area contributed by atoms with Gasteiger partial charge < -0.3 is 19.8 Å². The van der Waals surface area contributed by atoms with Gasteiger partial charge in [-0.2, -0.15) is 0 Å². The standard InChI is InChI=1S/C26H33FN6O3/c1-16(2)13-18-19(27)14-28-25-24(18)30-21(31-25)15-33-17(3)11-12-20(26(33)36)29-22(34)9-7-6-8-10-23(35)32(4)5/h8,10-12,14,16H,6-7,9,13,15H2,1-5H3,(H,29,34)(H,28,30,31)/b10-8+. The molecule has 0 aromatic carbocycles. The highest BCUT2D eigenvalue weighted by Crippen LogP contribution is 2.21. The van der Waals surface area contributed by atoms with Crippen LogP contribution < -0.4 is 10.9 Å². The van der Waals surface area contributed by atoms with Crippen molar-refractivity contribution >= 4 is 28.7 Å². The summed E-state index contributed by atoms with van der Waals surface area (Å²) in [6.45, 7) is 5.92. The van der Waals surface area contributed by atoms with Crippen molar-refractivity contribution in [1.29, 1.82) is 0 Å². The van der Waals surface area contributed by atoms with Gasteiger partial charge in [-0.05, 0) is 50.3 Å². The van der Waals surface area contributed by atoms with Crippen LogP contribution in [0, 0.1) is 18.7 Å². The van der Waals surface area contributed by atoms with E-state index in [4.69, 9.17) is 0 Å². The molecule has 3 aromatic rings. The number of imidazole rings is 1. The van der Waals surface area contributed by atoms with Gasteiger partial charge in [-0.15, -0.1) is 0 Å². The smallest absolute Gasteiger partial charge is 0.274 e. The Kier molecular flexibility index (Phi) is 8.73. The molecule has 0 saturated carbocycles. The van der Waals surface area contributed by atoms with Crippen molar-refractivity contribution in [2.24, 2.45) is 5.92 Å². The fraction of sp³-hybridized carbons (Fsp3) is 0.423. The quantitative estimate of drug-likeness (QED) is 0.329. The Balaban J connectivity index is 1.72. The third-order valence-corrected chi connectivity index (χ3v) is 5.68. The number of H-pyrrole nitrogens is 1. The first-order valence-corrected chi connectivity index (χ1v) is 12.0. The predicted octanol–water partition coefficient (Wildman–Crippen LogP) is 3.57. The van der Waals surface area contributed by atoms with Gasteiger partial charge in [-0.3, -0.25) is 14.4 Å². The molecule has 0 spiro atoms. The molecule has 0 bridgehead atoms. The molecule has 0 saturated heterocycles. The third kappa shape index (κ3) is 6.65. The van der Waals surface area contributed by atoms with Gasteiger partial charge in [0.25, 0.3) is 5.56 Å². The third-order valence-electron chi connectivity index (χ3n) is 5.68. The van der Waals surface area contributed by atoms with Gasteiger partial charge in [0.05, 0.1) is 12.7 Å². The summed E-state index contributed by atoms with van der Waals surface area (Å²) in [5, 5.41) is 2.68. The number of aromatic nitrogens is 4. The van der Waals surface area contributed by atoms with Gasteiger partial charge in [-0.25, -0.2) is 14.4 Å². The number of pyridine rings is 2. The highest BCUT2D eigenvalue weighted by atomic mass is 19.1. The first kappa shape index (κ1) is 26.8. The zero-order valence-corrected chi connectivity index (χ0v) is 21.4. The molecule has 3 rings (SSSR count). The zero-order chi connectivity index (χ0) is 26.4. The summed E-state index contributed by atoms with van der Waals surface area (Å²) in [5.74, 6) is -0.0716. The molecule has 2 amide bonds. The van der Waals surface area contributed by atoms with E-state index in [1.807, 2.05) is 13.8 Å². The van der Waals surface area contributed by atoms with Crippen molar-refractivity contribution in [2.45, 2.75) is 53.0 Å². The van der Waals surface area contributed by atoms with Gasteiger partial charge >= 0.3 is 0 Å². The second kappa shape index (κ2) is 11.7. The summed E-state index contributed by atoms with van der Waals surface area (Å²) < 4.78 is 15.9. The number of likely N-dealkylation sites (N-methyl/N-ethyl adjacent to an activating group) is 1. The molecule has 9 nitrogen and oxygen atoms in total. The lowest BCUT2D eigenvalue weighted by Gasteiger charge is -2.11. The highest BCUT2D eigenvalue weighted by molar-refractivity contribution is 5.90. The van der Waals surface area contributed by atoms with E-state index in [1.165, 1.54) is 21.7 Å². The topological polar surface area (TPSA) is 113 Å². The molecule has 0 fully saturated rings. The number of amides is 2. The van der Waals surface area contributed by atoms with Crippen molar-refractivity contribution in [3.63, 3.8) is 0 Å². The van der Waals surface area contributed by atoms with Gasteiger partial charge in [-0.1, -0.05) is 19.9 Å². The SMILES string of the molecule is Cc1ccc(NC(=O)CCC/C=C/C(=O)N(C)C)c(=O)n1Cc1nc2c(CC(C)C)c(F)cnc2[nH]1. The van der Waals surface area contributed by atoms with Crippen molar-refractivity contribution in [3.05, 3.63) is 63.7 Å². The Morgan fingerprint density at radius 3 is 2.72 bits per heavy atom. The van der Waals surface area contributed by atoms with Crippen molar-refractivity contribution in [2.75, 3.05) is 19.4 Å². The van der Waals surface area contributed by atoms with Crippen LogP contribution in [0.4, 0.5) is 10.1 Å². The van der Waals surface area contributed by atoms with Crippen LogP contribution >= 0.6 is 0 Å². The Hall–Kier alpha value is -3.82. The number of rotatable bonds is 10. The van der Waals surface area contributed by atoms with Gasteiger partial charge in [0, 0.05) is 31.8 Å². The summed E-state index contributed by atoms with van der Waals surface area (Å²) in [6, 6.07) is 3.33. The number of fused-ring (bicyclic) bond motifs is 1. The number of nitrogens with one attached hydrogen (secondary N) is 2. The van der Waals surface area contributed by atoms with Gasteiger partial charge in [0.1, 0.15) is 22.8 Å². The molecule has 0 unspecified atom stereocenters. The number of carbonyl (C=O) groups excluding carboxylic acids is 2. The number of hydrogen-bond acceptors (Lipinski definition) is 5. The summed E-state index contributed by atoms with van der Waals surface area (Å²) in [6.07, 6.45) is 6.25. The second-order valence-electron chi connectivity index (χ2n) is 9.42. The van der Waals surface area contributed by atoms with Crippen LogP contribution in [-0.2, 0) is 22.6 Å². The molecule has 3 heterocycles. The molecule has 2 N–H and O–H groups in total. The molecular formula is C26H33FN6O3. The molecule has 10 heteroatoms. The van der Waals surface area contributed by atoms with Crippen LogP contribution in [0.25, 0.3) is 11.2 Å². The minimum absolute atomic E-state index is 0.110. The Labute approximate surface area is 209 Å². The van der Waals surface area contributed by atoms with Crippen molar-refractivity contribution < 1.29 is 14.0 Å². The number of nitrogens with zero attached hydrogens (tertiary/aromatic N) is 4. The predicted molar refractivity (Wildman–Crippen MR) is 137 cm³/mol. The van der Waals surface area contributed by atoms with E-state index < -0.39 is 5.82 Å². The number of hydrogen-bond donors (Lipinski definition) is 2. The molecule has 0 aliphatic carbocycles. The number of unbranched alkanes of at least 4 members (excludes halogenated alkanes) is 1. The highest BCUT2D eigenvalue weighted by Gasteiger charge is 2.16. The largest absolute Gasteiger partial charge is 0.345 e. The van der Waals surface area contributed by atoms with E-state index in [1.54, 1.807) is 39.2 Å². The van der Waals surface area contributed by atoms with E-state index in [9.17, 15) is 18.8 Å². The lowest BCUT2D eigenvalue weighted by atomic mass is 10.0. The second-order valence-corrected chi connectivity index (χ2v) is 9.42. The molecule has 0 aliphatic rings. The van der Waals surface area contributed by atoms with Crippen molar-refractivity contribution in [3.8, 4) is 0 Å². The van der Waals surface area contributed by atoms with Crippen LogP contribution in [0.1, 0.15) is 50.2 Å². The molecule has 36 heavy (non-hydrogen) atoms. The van der Waals surface area contributed by atoms with E-state index in [0.29, 0.717) is 47.5 Å². The first-order valence-electron chi connectivity index (χ1n) is 12.0. The maximum Gasteiger partial charge on any atom is 0.274 e. The number of halogens is 1. The van der Waals surface area contributed by atoms with Crippen LogP contribution in [0.2, 0.25) is 0 Å². The van der Waals surface area contributed by atoms with Gasteiger partial charge in [0.2, 0.25) is 11.8 Å². The first-order chi connectivity index (χ1) is 17.1. The summed E-state index contributed by atoms with van der Waals surface area (Å²) in [4.78, 5) is 50.2. The van der Waals surface area contributed by atoms with E-state index in [2.05, 4.69) is 20.3 Å². The average Bonchev–Trinajstić information content (AvgIpc) is 3.23. The van der Waals surface area contributed by atoms with Crippen molar-refractivity contribution in [1.82, 2.24) is 24.4 Å². The molecular weight excluding hydrogens is 463 g/mol. The number of carbonyl (C=O) groups is 2. The minimum atomic E-state index is -0.396. The maximum atomic E-state index is 14.4. The van der Waals surface area contributed by atoms with E-state index in [0.717, 1.165) is 0 Å². The Bertz CT molecular complexity index is 1340. The summed E-state index contributed by atoms with van der Waals surface area (Å²) in [7, 11) is 3.34. The number of anilines is 1. The molecule has 0 atom stereocenters. The normalized spacial score (nSPS) is 11.5. The Morgan fingerprint density at radius 1 is 1.28 bits per heavy atom. The van der Waals surface area contributed by atoms with Crippen LogP contribution in [-0.4, -0.2) is 50.3 Å². The Morgan fingerprint density at radius 2 is 2.03 bits per heavy atom. The maximum absolute atomic E-state index is 14.4. The molecule has 192 valence electrons. The van der Waals surface area contributed by atoms with Crippen LogP contribution in [0.15, 0.2) is 35.3 Å². The van der Waals surface area contributed by atoms with Gasteiger partial charge in [0.15, 0.2) is 5.65 Å². The zero-order valence-electron chi connectivity index (χ0n) is 21.4. The molecule has 0 aliphatic heterocycles. The molecule has 3 aromatic heterocycles. The summed E-state index contributed by atoms with van der Waals surface area (Å²) >= 11 is 0. The minimum Gasteiger partial charge on any atom is -0.345 e. The number of aryl methyl sites for hydroxylation is 1. The fourth-order valence-electron chi connectivity index (χ4n) is 3.74. The monoisotopic (exact) mass is 496 g/mol. The van der Waals surface area contributed by atoms with Crippen LogP contribution in [0.5, 0.6) is 0 Å². The molecule has 0 radical (unpaired) electrons. The average molecular weight is 497 g/mol. The number of allylic oxidation sites excluding steroid dienone is 1. The van der Waals surface area contributed by atoms with E-state index in [-0.39, 0.29) is 41.9 Å².